The van der Waals surface area contributed by atoms with E-state index in [4.69, 9.17) is 0 Å². The SMILES string of the molecule is CCN(CC)C(=O)N1CCN(C(=O)CCc2ccccc2)CC1. The first-order valence-corrected chi connectivity index (χ1v) is 8.51. The first kappa shape index (κ1) is 17.3. The minimum atomic E-state index is 0.0892. The molecule has 0 radical (unpaired) electrons. The van der Waals surface area contributed by atoms with E-state index in [1.807, 2.05) is 58.9 Å². The second-order valence-corrected chi connectivity index (χ2v) is 5.81. The molecule has 5 nitrogen and oxygen atoms in total. The number of piperazine rings is 1. The Labute approximate surface area is 138 Å². The van der Waals surface area contributed by atoms with Crippen molar-refractivity contribution in [1.82, 2.24) is 14.7 Å². The number of hydrogen-bond acceptors (Lipinski definition) is 2. The minimum Gasteiger partial charge on any atom is -0.339 e. The van der Waals surface area contributed by atoms with Gasteiger partial charge in [-0.2, -0.15) is 0 Å². The highest BCUT2D eigenvalue weighted by Crippen LogP contribution is 2.09. The van der Waals surface area contributed by atoms with Gasteiger partial charge in [0.05, 0.1) is 0 Å². The van der Waals surface area contributed by atoms with Crippen molar-refractivity contribution in [2.45, 2.75) is 26.7 Å². The van der Waals surface area contributed by atoms with Crippen molar-refractivity contribution in [3.05, 3.63) is 35.9 Å². The van der Waals surface area contributed by atoms with Crippen LogP contribution in [-0.4, -0.2) is 65.9 Å². The summed E-state index contributed by atoms with van der Waals surface area (Å²) in [5, 5.41) is 0. The van der Waals surface area contributed by atoms with Crippen LogP contribution in [0.4, 0.5) is 4.79 Å². The van der Waals surface area contributed by atoms with Gasteiger partial charge in [-0.05, 0) is 25.8 Å². The predicted molar refractivity (Wildman–Crippen MR) is 91.2 cm³/mol. The molecule has 0 saturated carbocycles. The van der Waals surface area contributed by atoms with E-state index in [0.29, 0.717) is 32.6 Å². The molecule has 1 fully saturated rings. The quantitative estimate of drug-likeness (QED) is 0.836. The molecule has 0 aromatic heterocycles. The van der Waals surface area contributed by atoms with Gasteiger partial charge in [0.25, 0.3) is 0 Å². The van der Waals surface area contributed by atoms with Gasteiger partial charge < -0.3 is 14.7 Å². The third-order valence-corrected chi connectivity index (χ3v) is 4.41. The van der Waals surface area contributed by atoms with Crippen molar-refractivity contribution in [2.24, 2.45) is 0 Å². The number of nitrogens with zero attached hydrogens (tertiary/aromatic N) is 3. The smallest absolute Gasteiger partial charge is 0.320 e. The topological polar surface area (TPSA) is 43.9 Å². The fourth-order valence-corrected chi connectivity index (χ4v) is 2.90. The van der Waals surface area contributed by atoms with E-state index in [9.17, 15) is 9.59 Å². The summed E-state index contributed by atoms with van der Waals surface area (Å²) in [5.41, 5.74) is 1.19. The number of benzene rings is 1. The monoisotopic (exact) mass is 317 g/mol. The third kappa shape index (κ3) is 4.71. The van der Waals surface area contributed by atoms with E-state index in [0.717, 1.165) is 19.5 Å². The maximum Gasteiger partial charge on any atom is 0.320 e. The lowest BCUT2D eigenvalue weighted by atomic mass is 10.1. The van der Waals surface area contributed by atoms with Crippen LogP contribution in [-0.2, 0) is 11.2 Å². The highest BCUT2D eigenvalue weighted by Gasteiger charge is 2.25. The summed E-state index contributed by atoms with van der Waals surface area (Å²) < 4.78 is 0. The molecule has 1 aliphatic heterocycles. The molecule has 5 heteroatoms. The summed E-state index contributed by atoms with van der Waals surface area (Å²) in [7, 11) is 0. The zero-order valence-corrected chi connectivity index (χ0v) is 14.2. The van der Waals surface area contributed by atoms with Gasteiger partial charge in [0.1, 0.15) is 0 Å². The zero-order chi connectivity index (χ0) is 16.7. The molecule has 1 heterocycles. The number of hydrogen-bond donors (Lipinski definition) is 0. The molecule has 1 aromatic carbocycles. The van der Waals surface area contributed by atoms with Crippen molar-refractivity contribution < 1.29 is 9.59 Å². The molecule has 126 valence electrons. The Hall–Kier alpha value is -2.04. The Morgan fingerprint density at radius 2 is 1.52 bits per heavy atom. The van der Waals surface area contributed by atoms with Crippen LogP contribution in [0, 0.1) is 0 Å². The Balaban J connectivity index is 1.77. The number of rotatable bonds is 5. The standard InChI is InChI=1S/C18H27N3O2/c1-3-19(4-2)18(23)21-14-12-20(13-15-21)17(22)11-10-16-8-6-5-7-9-16/h5-9H,3-4,10-15H2,1-2H3. The second-order valence-electron chi connectivity index (χ2n) is 5.81. The zero-order valence-electron chi connectivity index (χ0n) is 14.2. The van der Waals surface area contributed by atoms with Gasteiger partial charge in [-0.3, -0.25) is 4.79 Å². The van der Waals surface area contributed by atoms with Crippen molar-refractivity contribution in [2.75, 3.05) is 39.3 Å². The fourth-order valence-electron chi connectivity index (χ4n) is 2.90. The van der Waals surface area contributed by atoms with E-state index in [1.165, 1.54) is 5.56 Å². The summed E-state index contributed by atoms with van der Waals surface area (Å²) in [6.07, 6.45) is 1.31. The Kier molecular flexibility index (Phi) is 6.44. The lowest BCUT2D eigenvalue weighted by molar-refractivity contribution is -0.132. The molecule has 0 spiro atoms. The van der Waals surface area contributed by atoms with Crippen LogP contribution in [0.5, 0.6) is 0 Å². The molecule has 2 rings (SSSR count). The van der Waals surface area contributed by atoms with Crippen LogP contribution < -0.4 is 0 Å². The Morgan fingerprint density at radius 1 is 0.957 bits per heavy atom. The molecule has 0 unspecified atom stereocenters. The van der Waals surface area contributed by atoms with E-state index in [-0.39, 0.29) is 11.9 Å². The molecule has 23 heavy (non-hydrogen) atoms. The van der Waals surface area contributed by atoms with Gasteiger partial charge in [-0.1, -0.05) is 30.3 Å². The molecule has 0 atom stereocenters. The van der Waals surface area contributed by atoms with Crippen LogP contribution in [0.15, 0.2) is 30.3 Å². The van der Waals surface area contributed by atoms with Crippen molar-refractivity contribution in [3.8, 4) is 0 Å². The van der Waals surface area contributed by atoms with Crippen LogP contribution in [0.2, 0.25) is 0 Å². The summed E-state index contributed by atoms with van der Waals surface area (Å²) in [6.45, 7) is 7.98. The van der Waals surface area contributed by atoms with E-state index in [2.05, 4.69) is 0 Å². The normalized spacial score (nSPS) is 14.7. The van der Waals surface area contributed by atoms with Crippen LogP contribution in [0.25, 0.3) is 0 Å². The number of carbonyl (C=O) groups is 2. The number of carbonyl (C=O) groups excluding carboxylic acids is 2. The van der Waals surface area contributed by atoms with Gasteiger partial charge in [0.2, 0.25) is 5.91 Å². The number of aryl methyl sites for hydroxylation is 1. The first-order chi connectivity index (χ1) is 11.2. The molecule has 1 aliphatic rings. The molecular formula is C18H27N3O2. The van der Waals surface area contributed by atoms with E-state index in [1.54, 1.807) is 0 Å². The fraction of sp³-hybridized carbons (Fsp3) is 0.556. The predicted octanol–water partition coefficient (Wildman–Crippen LogP) is 2.23. The Morgan fingerprint density at radius 3 is 2.09 bits per heavy atom. The van der Waals surface area contributed by atoms with Crippen molar-refractivity contribution in [1.29, 1.82) is 0 Å². The summed E-state index contributed by atoms with van der Waals surface area (Å²) in [5.74, 6) is 0.184. The van der Waals surface area contributed by atoms with Crippen LogP contribution in [0.1, 0.15) is 25.8 Å². The maximum atomic E-state index is 12.3. The summed E-state index contributed by atoms with van der Waals surface area (Å²) in [4.78, 5) is 30.2. The van der Waals surface area contributed by atoms with Gasteiger partial charge >= 0.3 is 6.03 Å². The summed E-state index contributed by atoms with van der Waals surface area (Å²) >= 11 is 0. The maximum absolute atomic E-state index is 12.3. The van der Waals surface area contributed by atoms with Gasteiger partial charge in [-0.15, -0.1) is 0 Å². The highest BCUT2D eigenvalue weighted by atomic mass is 16.2. The lowest BCUT2D eigenvalue weighted by Gasteiger charge is -2.37. The average Bonchev–Trinajstić information content (AvgIpc) is 2.61. The second kappa shape index (κ2) is 8.56. The van der Waals surface area contributed by atoms with Crippen molar-refractivity contribution in [3.63, 3.8) is 0 Å². The minimum absolute atomic E-state index is 0.0892. The van der Waals surface area contributed by atoms with Gasteiger partial charge in [-0.25, -0.2) is 4.79 Å². The highest BCUT2D eigenvalue weighted by molar-refractivity contribution is 5.78. The van der Waals surface area contributed by atoms with Crippen molar-refractivity contribution >= 4 is 11.9 Å². The van der Waals surface area contributed by atoms with Gasteiger partial charge in [0.15, 0.2) is 0 Å². The van der Waals surface area contributed by atoms with Gasteiger partial charge in [0, 0.05) is 45.7 Å². The molecule has 1 saturated heterocycles. The van der Waals surface area contributed by atoms with E-state index < -0.39 is 0 Å². The molecular weight excluding hydrogens is 290 g/mol. The van der Waals surface area contributed by atoms with E-state index >= 15 is 0 Å². The first-order valence-electron chi connectivity index (χ1n) is 8.51. The van der Waals surface area contributed by atoms with Crippen LogP contribution >= 0.6 is 0 Å². The molecule has 0 bridgehead atoms. The largest absolute Gasteiger partial charge is 0.339 e. The number of urea groups is 1. The summed E-state index contributed by atoms with van der Waals surface area (Å²) in [6, 6.07) is 10.2. The molecule has 0 N–H and O–H groups in total. The van der Waals surface area contributed by atoms with Crippen LogP contribution in [0.3, 0.4) is 0 Å². The lowest BCUT2D eigenvalue weighted by Crippen LogP contribution is -2.54. The Bertz CT molecular complexity index is 506. The molecule has 1 aromatic rings. The molecule has 3 amide bonds. The number of amides is 3. The average molecular weight is 317 g/mol. The third-order valence-electron chi connectivity index (χ3n) is 4.41. The molecule has 0 aliphatic carbocycles.